The molecule has 6 nitrogen and oxygen atoms in total. The number of halogens is 4. The van der Waals surface area contributed by atoms with Crippen molar-refractivity contribution in [2.75, 3.05) is 64.9 Å². The number of hydrogen-bond donors (Lipinski definition) is 1. The molecule has 0 spiro atoms. The van der Waals surface area contributed by atoms with Crippen molar-refractivity contribution in [3.05, 3.63) is 24.3 Å². The molecule has 1 N–H and O–H groups in total. The molecule has 164 valence electrons. The molecule has 29 heavy (non-hydrogen) atoms. The van der Waals surface area contributed by atoms with Crippen LogP contribution >= 0.6 is 24.0 Å². The van der Waals surface area contributed by atoms with Crippen LogP contribution in [0.2, 0.25) is 0 Å². The number of hydrogen-bond acceptors (Lipinski definition) is 4. The van der Waals surface area contributed by atoms with E-state index >= 15 is 0 Å². The van der Waals surface area contributed by atoms with Gasteiger partial charge < -0.3 is 19.9 Å². The number of anilines is 1. The summed E-state index contributed by atoms with van der Waals surface area (Å²) in [5.74, 6) is 1.60. The van der Waals surface area contributed by atoms with E-state index in [-0.39, 0.29) is 30.0 Å². The number of aliphatic imine (C=N–C) groups is 1. The van der Waals surface area contributed by atoms with Crippen molar-refractivity contribution in [3.8, 4) is 5.75 Å². The molecule has 0 bridgehead atoms. The minimum absolute atomic E-state index is 0. The monoisotopic (exact) mass is 527 g/mol. The molecule has 2 saturated heterocycles. The van der Waals surface area contributed by atoms with Crippen LogP contribution in [0.1, 0.15) is 6.42 Å². The number of benzene rings is 1. The fourth-order valence-electron chi connectivity index (χ4n) is 3.81. The molecule has 1 unspecified atom stereocenters. The van der Waals surface area contributed by atoms with E-state index in [9.17, 15) is 13.2 Å². The number of alkyl halides is 3. The second-order valence-electron chi connectivity index (χ2n) is 7.20. The summed E-state index contributed by atoms with van der Waals surface area (Å²) in [4.78, 5) is 10.3. The van der Waals surface area contributed by atoms with Gasteiger partial charge in [-0.05, 0) is 18.6 Å². The summed E-state index contributed by atoms with van der Waals surface area (Å²) < 4.78 is 43.0. The normalized spacial score (nSPS) is 21.1. The van der Waals surface area contributed by atoms with Gasteiger partial charge in [0, 0.05) is 64.1 Å². The summed E-state index contributed by atoms with van der Waals surface area (Å²) in [6.45, 7) is 3.30. The molecule has 1 atom stereocenters. The van der Waals surface area contributed by atoms with Crippen LogP contribution in [0, 0.1) is 0 Å². The molecular weight excluding hydrogens is 498 g/mol. The molecule has 1 aromatic rings. The number of guanidine groups is 1. The fourth-order valence-corrected chi connectivity index (χ4v) is 3.81. The van der Waals surface area contributed by atoms with Crippen molar-refractivity contribution in [1.82, 2.24) is 15.1 Å². The van der Waals surface area contributed by atoms with E-state index in [1.807, 2.05) is 18.2 Å². The van der Waals surface area contributed by atoms with Gasteiger partial charge in [-0.25, -0.2) is 0 Å². The lowest BCUT2D eigenvalue weighted by molar-refractivity contribution is -0.143. The minimum Gasteiger partial charge on any atom is -0.497 e. The Balaban J connectivity index is 0.00000300. The standard InChI is InChI=1S/C19H28F3N5O.HI/c1-23-18(24-15-6-7-25(13-15)14-19(20,21)22)27-10-8-26(9-11-27)16-4-3-5-17(12-16)28-2;/h3-5,12,15H,6-11,13-14H2,1-2H3,(H,23,24);1H. The van der Waals surface area contributed by atoms with Crippen LogP contribution in [0.5, 0.6) is 5.75 Å². The molecule has 0 saturated carbocycles. The summed E-state index contributed by atoms with van der Waals surface area (Å²) in [5.41, 5.74) is 1.13. The van der Waals surface area contributed by atoms with E-state index in [1.54, 1.807) is 14.2 Å². The molecule has 0 aliphatic carbocycles. The summed E-state index contributed by atoms with van der Waals surface area (Å²) >= 11 is 0. The van der Waals surface area contributed by atoms with Crippen LogP contribution in [0.4, 0.5) is 18.9 Å². The molecule has 2 aliphatic rings. The zero-order chi connectivity index (χ0) is 20.1. The predicted molar refractivity (Wildman–Crippen MR) is 120 cm³/mol. The Labute approximate surface area is 187 Å². The molecule has 0 amide bonds. The van der Waals surface area contributed by atoms with Crippen molar-refractivity contribution in [2.24, 2.45) is 4.99 Å². The van der Waals surface area contributed by atoms with E-state index in [4.69, 9.17) is 4.74 Å². The first-order valence-corrected chi connectivity index (χ1v) is 9.54. The Morgan fingerprint density at radius 3 is 2.55 bits per heavy atom. The maximum atomic E-state index is 12.6. The van der Waals surface area contributed by atoms with Gasteiger partial charge in [-0.2, -0.15) is 13.2 Å². The second-order valence-corrected chi connectivity index (χ2v) is 7.20. The molecule has 2 fully saturated rings. The van der Waals surface area contributed by atoms with E-state index in [0.717, 1.165) is 43.6 Å². The van der Waals surface area contributed by atoms with Crippen molar-refractivity contribution in [1.29, 1.82) is 0 Å². The molecule has 2 aliphatic heterocycles. The highest BCUT2D eigenvalue weighted by Gasteiger charge is 2.35. The SMILES string of the molecule is CN=C(NC1CCN(CC(F)(F)F)C1)N1CCN(c2cccc(OC)c2)CC1.I. The van der Waals surface area contributed by atoms with E-state index in [0.29, 0.717) is 19.5 Å². The number of piperazine rings is 1. The third kappa shape index (κ3) is 6.80. The molecular formula is C19H29F3IN5O. The Bertz CT molecular complexity index is 680. The van der Waals surface area contributed by atoms with Gasteiger partial charge in [0.25, 0.3) is 0 Å². The second kappa shape index (κ2) is 10.6. The van der Waals surface area contributed by atoms with Crippen LogP contribution in [0.3, 0.4) is 0 Å². The predicted octanol–water partition coefficient (Wildman–Crippen LogP) is 2.65. The van der Waals surface area contributed by atoms with Crippen molar-refractivity contribution >= 4 is 35.6 Å². The largest absolute Gasteiger partial charge is 0.497 e. The van der Waals surface area contributed by atoms with Gasteiger partial charge in [-0.3, -0.25) is 9.89 Å². The van der Waals surface area contributed by atoms with Crippen LogP contribution in [-0.2, 0) is 0 Å². The number of rotatable bonds is 4. The number of likely N-dealkylation sites (tertiary alicyclic amines) is 1. The first-order chi connectivity index (χ1) is 13.4. The molecule has 0 aromatic heterocycles. The molecule has 10 heteroatoms. The quantitative estimate of drug-likeness (QED) is 0.371. The zero-order valence-electron chi connectivity index (χ0n) is 16.8. The van der Waals surface area contributed by atoms with Gasteiger partial charge in [0.15, 0.2) is 5.96 Å². The fraction of sp³-hybridized carbons (Fsp3) is 0.632. The van der Waals surface area contributed by atoms with E-state index in [2.05, 4.69) is 26.2 Å². The smallest absolute Gasteiger partial charge is 0.401 e. The minimum atomic E-state index is -4.15. The topological polar surface area (TPSA) is 43.3 Å². The zero-order valence-corrected chi connectivity index (χ0v) is 19.1. The molecule has 1 aromatic carbocycles. The lowest BCUT2D eigenvalue weighted by Crippen LogP contribution is -2.54. The van der Waals surface area contributed by atoms with Crippen LogP contribution < -0.4 is 15.0 Å². The molecule has 3 rings (SSSR count). The average molecular weight is 527 g/mol. The average Bonchev–Trinajstić information content (AvgIpc) is 3.11. The van der Waals surface area contributed by atoms with E-state index < -0.39 is 12.7 Å². The highest BCUT2D eigenvalue weighted by molar-refractivity contribution is 14.0. The maximum Gasteiger partial charge on any atom is 0.401 e. The Kier molecular flexibility index (Phi) is 8.68. The summed E-state index contributed by atoms with van der Waals surface area (Å²) in [5, 5.41) is 3.35. The van der Waals surface area contributed by atoms with Gasteiger partial charge in [0.05, 0.1) is 13.7 Å². The van der Waals surface area contributed by atoms with Gasteiger partial charge in [0.2, 0.25) is 0 Å². The van der Waals surface area contributed by atoms with Crippen LogP contribution in [-0.4, -0.2) is 87.9 Å². The lowest BCUT2D eigenvalue weighted by atomic mass is 10.2. The van der Waals surface area contributed by atoms with Gasteiger partial charge in [-0.15, -0.1) is 24.0 Å². The van der Waals surface area contributed by atoms with Crippen molar-refractivity contribution in [3.63, 3.8) is 0 Å². The highest BCUT2D eigenvalue weighted by atomic mass is 127. The lowest BCUT2D eigenvalue weighted by Gasteiger charge is -2.38. The first kappa shape index (κ1) is 23.8. The Morgan fingerprint density at radius 2 is 1.93 bits per heavy atom. The summed E-state index contributed by atoms with van der Waals surface area (Å²) in [6.07, 6.45) is -3.45. The number of methoxy groups -OCH3 is 1. The Morgan fingerprint density at radius 1 is 1.21 bits per heavy atom. The summed E-state index contributed by atoms with van der Waals surface area (Å²) in [6, 6.07) is 8.00. The van der Waals surface area contributed by atoms with Crippen LogP contribution in [0.25, 0.3) is 0 Å². The van der Waals surface area contributed by atoms with Crippen molar-refractivity contribution < 1.29 is 17.9 Å². The third-order valence-electron chi connectivity index (χ3n) is 5.22. The third-order valence-corrected chi connectivity index (χ3v) is 5.22. The molecule has 0 radical (unpaired) electrons. The molecule has 2 heterocycles. The highest BCUT2D eigenvalue weighted by Crippen LogP contribution is 2.23. The van der Waals surface area contributed by atoms with Gasteiger partial charge in [-0.1, -0.05) is 6.07 Å². The summed E-state index contributed by atoms with van der Waals surface area (Å²) in [7, 11) is 3.38. The van der Waals surface area contributed by atoms with E-state index in [1.165, 1.54) is 4.90 Å². The van der Waals surface area contributed by atoms with Crippen molar-refractivity contribution in [2.45, 2.75) is 18.6 Å². The number of nitrogens with zero attached hydrogens (tertiary/aromatic N) is 4. The number of nitrogens with one attached hydrogen (secondary N) is 1. The first-order valence-electron chi connectivity index (χ1n) is 9.54. The number of ether oxygens (including phenoxy) is 1. The van der Waals surface area contributed by atoms with Gasteiger partial charge >= 0.3 is 6.18 Å². The van der Waals surface area contributed by atoms with Gasteiger partial charge in [0.1, 0.15) is 5.75 Å². The Hall–Kier alpha value is -1.43. The maximum absolute atomic E-state index is 12.6. The van der Waals surface area contributed by atoms with Crippen LogP contribution in [0.15, 0.2) is 29.3 Å².